The van der Waals surface area contributed by atoms with E-state index in [-0.39, 0.29) is 23.6 Å². The molecule has 0 unspecified atom stereocenters. The van der Waals surface area contributed by atoms with Gasteiger partial charge < -0.3 is 0 Å². The normalized spacial score (nSPS) is 20.3. The molecule has 2 fully saturated rings. The van der Waals surface area contributed by atoms with Crippen molar-refractivity contribution >= 4 is 23.6 Å². The van der Waals surface area contributed by atoms with Gasteiger partial charge in [0.15, 0.2) is 0 Å². The second-order valence-electron chi connectivity index (χ2n) is 11.3. The van der Waals surface area contributed by atoms with Crippen LogP contribution in [0.3, 0.4) is 0 Å². The van der Waals surface area contributed by atoms with Crippen molar-refractivity contribution in [3.05, 3.63) is 0 Å². The van der Waals surface area contributed by atoms with Crippen molar-refractivity contribution in [2.75, 3.05) is 13.1 Å². The molecule has 6 heteroatoms. The molecule has 0 aliphatic carbocycles. The van der Waals surface area contributed by atoms with Crippen molar-refractivity contribution in [3.63, 3.8) is 0 Å². The maximum absolute atomic E-state index is 12.8. The Labute approximate surface area is 226 Å². The van der Waals surface area contributed by atoms with Crippen molar-refractivity contribution in [1.82, 2.24) is 9.80 Å². The van der Waals surface area contributed by atoms with Crippen LogP contribution in [0, 0.1) is 0 Å². The molecule has 0 bridgehead atoms. The van der Waals surface area contributed by atoms with Gasteiger partial charge in [0.1, 0.15) is 0 Å². The van der Waals surface area contributed by atoms with Gasteiger partial charge in [0.25, 0.3) is 0 Å². The van der Waals surface area contributed by atoms with Crippen LogP contribution in [-0.4, -0.2) is 46.5 Å². The van der Waals surface area contributed by atoms with E-state index in [0.717, 1.165) is 83.5 Å². The molecule has 2 rings (SSSR count). The summed E-state index contributed by atoms with van der Waals surface area (Å²) in [5, 5.41) is 0. The van der Waals surface area contributed by atoms with Gasteiger partial charge in [0.05, 0.1) is 0 Å². The minimum atomic E-state index is -0.00828. The van der Waals surface area contributed by atoms with Gasteiger partial charge in [-0.05, 0) is 38.5 Å². The minimum absolute atomic E-state index is 0.00828. The first-order chi connectivity index (χ1) is 18.1. The third kappa shape index (κ3) is 14.1. The molecule has 2 aliphatic rings. The van der Waals surface area contributed by atoms with Gasteiger partial charge >= 0.3 is 0 Å². The Morgan fingerprint density at radius 1 is 0.432 bits per heavy atom. The summed E-state index contributed by atoms with van der Waals surface area (Å²) in [6.45, 7) is 1.16. The summed E-state index contributed by atoms with van der Waals surface area (Å²) in [4.78, 5) is 53.8. The smallest absolute Gasteiger partial charge is 0.229 e. The van der Waals surface area contributed by atoms with Crippen molar-refractivity contribution in [1.29, 1.82) is 0 Å². The Morgan fingerprint density at radius 2 is 0.730 bits per heavy atom. The lowest BCUT2D eigenvalue weighted by Crippen LogP contribution is -2.37. The van der Waals surface area contributed by atoms with Gasteiger partial charge in [-0.3, -0.25) is 29.0 Å². The van der Waals surface area contributed by atoms with Gasteiger partial charge in [-0.1, -0.05) is 96.3 Å². The molecule has 0 aromatic carbocycles. The average molecular weight is 519 g/mol. The molecule has 0 N–H and O–H groups in total. The van der Waals surface area contributed by atoms with Gasteiger partial charge in [-0.2, -0.15) is 0 Å². The monoisotopic (exact) mass is 518 g/mol. The molecule has 2 saturated heterocycles. The summed E-state index contributed by atoms with van der Waals surface area (Å²) in [6, 6.07) is 0. The Bertz CT molecular complexity index is 622. The van der Waals surface area contributed by atoms with Crippen LogP contribution in [0.2, 0.25) is 0 Å². The number of unbranched alkanes of at least 4 members (excludes halogenated alkanes) is 4. The number of rotatable bonds is 8. The first kappa shape index (κ1) is 31.5. The Hall–Kier alpha value is -1.72. The van der Waals surface area contributed by atoms with Crippen LogP contribution in [0.1, 0.15) is 161 Å². The molecule has 0 aromatic rings. The predicted molar refractivity (Wildman–Crippen MR) is 149 cm³/mol. The second kappa shape index (κ2) is 20.3. The van der Waals surface area contributed by atoms with E-state index >= 15 is 0 Å². The summed E-state index contributed by atoms with van der Waals surface area (Å²) in [5.41, 5.74) is 0. The molecule has 0 spiro atoms. The van der Waals surface area contributed by atoms with Crippen LogP contribution in [-0.2, 0) is 19.2 Å². The SMILES string of the molecule is O=C1CCCCCCCCCCN1C(=O)CCCCCCCC(=O)N1CCCCCCCCCCC1=O. The number of hydrogen-bond donors (Lipinski definition) is 0. The van der Waals surface area contributed by atoms with E-state index in [0.29, 0.717) is 38.8 Å². The third-order valence-corrected chi connectivity index (χ3v) is 8.03. The lowest BCUT2D eigenvalue weighted by Gasteiger charge is -2.22. The number of amides is 4. The molecule has 37 heavy (non-hydrogen) atoms. The fraction of sp³-hybridized carbons (Fsp3) is 0.871. The summed E-state index contributed by atoms with van der Waals surface area (Å²) >= 11 is 0. The molecule has 4 amide bonds. The molecule has 0 saturated carbocycles. The van der Waals surface area contributed by atoms with E-state index in [2.05, 4.69) is 0 Å². The molecule has 0 atom stereocenters. The fourth-order valence-corrected chi connectivity index (χ4v) is 5.61. The van der Waals surface area contributed by atoms with E-state index < -0.39 is 0 Å². The van der Waals surface area contributed by atoms with E-state index in [1.165, 1.54) is 61.2 Å². The highest BCUT2D eigenvalue weighted by Crippen LogP contribution is 2.17. The van der Waals surface area contributed by atoms with Crippen molar-refractivity contribution in [3.8, 4) is 0 Å². The first-order valence-electron chi connectivity index (χ1n) is 15.8. The van der Waals surface area contributed by atoms with E-state index in [9.17, 15) is 19.2 Å². The number of hydrogen-bond acceptors (Lipinski definition) is 4. The predicted octanol–water partition coefficient (Wildman–Crippen LogP) is 7.48. The van der Waals surface area contributed by atoms with Gasteiger partial charge in [0.2, 0.25) is 23.6 Å². The maximum atomic E-state index is 12.8. The summed E-state index contributed by atoms with van der Waals surface area (Å²) in [7, 11) is 0. The highest BCUT2D eigenvalue weighted by atomic mass is 16.2. The third-order valence-electron chi connectivity index (χ3n) is 8.03. The van der Waals surface area contributed by atoms with Gasteiger partial charge in [0, 0.05) is 38.8 Å². The second-order valence-corrected chi connectivity index (χ2v) is 11.3. The Kier molecular flexibility index (Phi) is 17.3. The summed E-state index contributed by atoms with van der Waals surface area (Å²) in [5.74, 6) is 0.0119. The van der Waals surface area contributed by atoms with Crippen LogP contribution in [0.5, 0.6) is 0 Å². The molecular weight excluding hydrogens is 464 g/mol. The minimum Gasteiger partial charge on any atom is -0.283 e. The zero-order chi connectivity index (χ0) is 26.6. The number of nitrogens with zero attached hydrogens (tertiary/aromatic N) is 2. The number of carbonyl (C=O) groups excluding carboxylic acids is 4. The van der Waals surface area contributed by atoms with Crippen LogP contribution in [0.4, 0.5) is 0 Å². The maximum Gasteiger partial charge on any atom is 0.229 e. The van der Waals surface area contributed by atoms with Crippen molar-refractivity contribution in [2.24, 2.45) is 0 Å². The topological polar surface area (TPSA) is 74.8 Å². The van der Waals surface area contributed by atoms with Crippen molar-refractivity contribution < 1.29 is 19.2 Å². The quantitative estimate of drug-likeness (QED) is 0.312. The lowest BCUT2D eigenvalue weighted by molar-refractivity contribution is -0.146. The van der Waals surface area contributed by atoms with Crippen LogP contribution in [0.15, 0.2) is 0 Å². The Morgan fingerprint density at radius 3 is 1.11 bits per heavy atom. The molecule has 0 aromatic heterocycles. The lowest BCUT2D eigenvalue weighted by atomic mass is 10.0. The number of carbonyl (C=O) groups is 4. The van der Waals surface area contributed by atoms with Gasteiger partial charge in [-0.25, -0.2) is 0 Å². The largest absolute Gasteiger partial charge is 0.283 e. The molecule has 212 valence electrons. The fourth-order valence-electron chi connectivity index (χ4n) is 5.61. The Balaban J connectivity index is 1.63. The summed E-state index contributed by atoms with van der Waals surface area (Å²) in [6.07, 6.45) is 24.1. The van der Waals surface area contributed by atoms with E-state index in [1.54, 1.807) is 0 Å². The molecule has 2 heterocycles. The number of imide groups is 2. The highest BCUT2D eigenvalue weighted by Gasteiger charge is 2.21. The molecule has 6 nitrogen and oxygen atoms in total. The van der Waals surface area contributed by atoms with Crippen LogP contribution >= 0.6 is 0 Å². The molecular formula is C31H54N2O4. The summed E-state index contributed by atoms with van der Waals surface area (Å²) < 4.78 is 0. The highest BCUT2D eigenvalue weighted by molar-refractivity contribution is 5.95. The van der Waals surface area contributed by atoms with Crippen molar-refractivity contribution in [2.45, 2.75) is 161 Å². The molecule has 0 radical (unpaired) electrons. The van der Waals surface area contributed by atoms with E-state index in [1.807, 2.05) is 0 Å². The average Bonchev–Trinajstić information content (AvgIpc) is 2.87. The van der Waals surface area contributed by atoms with Crippen LogP contribution < -0.4 is 0 Å². The van der Waals surface area contributed by atoms with Gasteiger partial charge in [-0.15, -0.1) is 0 Å². The van der Waals surface area contributed by atoms with Crippen LogP contribution in [0.25, 0.3) is 0 Å². The standard InChI is InChI=1S/C31H54N2O4/c34-28-22-16-10-5-1-3-7-14-20-26-32(28)30(36)24-18-12-9-13-19-25-31(37)33-27-21-15-8-4-2-6-11-17-23-29(33)35/h1-27H2. The first-order valence-corrected chi connectivity index (χ1v) is 15.8. The zero-order valence-corrected chi connectivity index (χ0v) is 23.6. The van der Waals surface area contributed by atoms with E-state index in [4.69, 9.17) is 0 Å². The zero-order valence-electron chi connectivity index (χ0n) is 23.6. The molecule has 2 aliphatic heterocycles.